The van der Waals surface area contributed by atoms with Crippen molar-refractivity contribution in [1.29, 1.82) is 0 Å². The second-order valence-electron chi connectivity index (χ2n) is 31.6. The Morgan fingerprint density at radius 3 is 1.40 bits per heavy atom. The van der Waals surface area contributed by atoms with Gasteiger partial charge in [0.2, 0.25) is 0 Å². The summed E-state index contributed by atoms with van der Waals surface area (Å²) >= 11 is 26.8. The molecule has 0 spiro atoms. The first-order valence-electron chi connectivity index (χ1n) is 40.9. The lowest BCUT2D eigenvalue weighted by Gasteiger charge is -2.12. The summed E-state index contributed by atoms with van der Waals surface area (Å²) < 4.78 is 17.4. The van der Waals surface area contributed by atoms with E-state index in [0.717, 1.165) is 25.2 Å². The van der Waals surface area contributed by atoms with Gasteiger partial charge in [0, 0.05) is 141 Å². The molecule has 0 radical (unpaired) electrons. The molecule has 0 amide bonds. The molecule has 20 aromatic carbocycles. The fraction of sp³-hybridized carbons (Fsp3) is 0. The molecule has 0 atom stereocenters. The van der Waals surface area contributed by atoms with Crippen molar-refractivity contribution in [3.63, 3.8) is 0 Å². The highest BCUT2D eigenvalue weighted by molar-refractivity contribution is 7.27. The maximum absolute atomic E-state index is 6.56. The van der Waals surface area contributed by atoms with Gasteiger partial charge < -0.3 is 13.7 Å². The fourth-order valence-electron chi connectivity index (χ4n) is 19.4. The van der Waals surface area contributed by atoms with E-state index in [4.69, 9.17) is 34.8 Å². The van der Waals surface area contributed by atoms with E-state index < -0.39 is 0 Å². The van der Waals surface area contributed by atoms with Crippen LogP contribution >= 0.6 is 80.1 Å². The number of para-hydroxylation sites is 2. The minimum Gasteiger partial charge on any atom is -0.309 e. The Labute approximate surface area is 730 Å². The third-order valence-electron chi connectivity index (χ3n) is 24.9. The summed E-state index contributed by atoms with van der Waals surface area (Å²) in [5.74, 6) is 0. The molecule has 572 valence electrons. The summed E-state index contributed by atoms with van der Waals surface area (Å²) in [6.45, 7) is 0. The third-order valence-corrected chi connectivity index (χ3v) is 30.5. The Hall–Kier alpha value is -13.4. The predicted molar refractivity (Wildman–Crippen MR) is 535 cm³/mol. The van der Waals surface area contributed by atoms with Crippen LogP contribution in [0.5, 0.6) is 0 Å². The minimum absolute atomic E-state index is 0.775. The van der Waals surface area contributed by atoms with E-state index in [1.165, 1.54) is 230 Å². The van der Waals surface area contributed by atoms with Crippen molar-refractivity contribution in [2.45, 2.75) is 0 Å². The maximum Gasteiger partial charge on any atom is 0.0625 e. The van der Waals surface area contributed by atoms with Crippen molar-refractivity contribution in [3.8, 4) is 50.4 Å². The van der Waals surface area contributed by atoms with Crippen molar-refractivity contribution >= 4 is 269 Å². The predicted octanol–water partition coefficient (Wildman–Crippen LogP) is 35.4. The molecule has 10 heteroatoms. The van der Waals surface area contributed by atoms with Crippen LogP contribution < -0.4 is 0 Å². The molecular formula is C112H64Cl3N3S4. The zero-order valence-electron chi connectivity index (χ0n) is 65.1. The summed E-state index contributed by atoms with van der Waals surface area (Å²) in [4.78, 5) is 0. The van der Waals surface area contributed by atoms with Crippen LogP contribution in [0.4, 0.5) is 0 Å². The number of hydrogen-bond donors (Lipinski definition) is 0. The monoisotopic (exact) mass is 1680 g/mol. The van der Waals surface area contributed by atoms with Crippen molar-refractivity contribution in [2.75, 3.05) is 0 Å². The molecule has 0 saturated heterocycles. The van der Waals surface area contributed by atoms with Crippen molar-refractivity contribution < 1.29 is 0 Å². The highest BCUT2D eigenvalue weighted by Gasteiger charge is 2.24. The highest BCUT2D eigenvalue weighted by atomic mass is 35.5. The van der Waals surface area contributed by atoms with Gasteiger partial charge in [0.1, 0.15) is 0 Å². The number of rotatable bonds is 6. The molecule has 0 aliphatic carbocycles. The zero-order chi connectivity index (χ0) is 80.5. The molecule has 0 unspecified atom stereocenters. The normalized spacial score (nSPS) is 12.1. The SMILES string of the molecule is Clc1ccc2c(c1)sc1c(-c3ccc4c5c6ccccc6c6ccccc6c5n(-c5ccc6c(c5)sc5ccccc56)c4c3)cccc12.Clc1cccc2c1sc1cc(-c3ccc4c5cc6ccccc6cc5n(-c5ccccc5)c4c3)ccc12.Clc1cccc2sc3cc(-c4ccc5c6c7ccccc7ccc6n(-c6ccccc6)c5c4)ccc3c12. The van der Waals surface area contributed by atoms with Gasteiger partial charge in [-0.1, -0.05) is 302 Å². The topological polar surface area (TPSA) is 14.8 Å². The average molecular weight is 1690 g/mol. The minimum atomic E-state index is 0.775. The lowest BCUT2D eigenvalue weighted by Crippen LogP contribution is -1.95. The van der Waals surface area contributed by atoms with E-state index in [-0.39, 0.29) is 0 Å². The maximum atomic E-state index is 6.56. The number of benzene rings is 20. The second kappa shape index (κ2) is 28.4. The Balaban J connectivity index is 0.000000102. The van der Waals surface area contributed by atoms with Crippen LogP contribution in [0.25, 0.3) is 240 Å². The molecular weight excluding hydrogens is 1620 g/mol. The van der Waals surface area contributed by atoms with Crippen LogP contribution in [-0.4, -0.2) is 13.7 Å². The van der Waals surface area contributed by atoms with Crippen LogP contribution in [-0.2, 0) is 0 Å². The smallest absolute Gasteiger partial charge is 0.0625 e. The highest BCUT2D eigenvalue weighted by Crippen LogP contribution is 2.50. The number of fused-ring (bicyclic) bond motifs is 29. The van der Waals surface area contributed by atoms with Gasteiger partial charge in [0.05, 0.1) is 42.8 Å². The number of nitrogens with zero attached hydrogens (tertiary/aromatic N) is 3. The molecule has 3 nitrogen and oxygen atoms in total. The van der Waals surface area contributed by atoms with E-state index in [0.29, 0.717) is 0 Å². The third kappa shape index (κ3) is 11.3. The van der Waals surface area contributed by atoms with Gasteiger partial charge in [0.25, 0.3) is 0 Å². The summed E-state index contributed by atoms with van der Waals surface area (Å²) in [7, 11) is 0. The molecule has 122 heavy (non-hydrogen) atoms. The lowest BCUT2D eigenvalue weighted by atomic mass is 9.96. The fourth-order valence-corrected chi connectivity index (χ4v) is 25.0. The van der Waals surface area contributed by atoms with E-state index in [1.54, 1.807) is 22.7 Å². The number of hydrogen-bond acceptors (Lipinski definition) is 4. The molecule has 27 rings (SSSR count). The van der Waals surface area contributed by atoms with Gasteiger partial charge in [-0.15, -0.1) is 45.3 Å². The van der Waals surface area contributed by atoms with Crippen molar-refractivity contribution in [1.82, 2.24) is 13.7 Å². The number of thiophene rings is 4. The van der Waals surface area contributed by atoms with Gasteiger partial charge in [0.15, 0.2) is 0 Å². The van der Waals surface area contributed by atoms with Gasteiger partial charge in [-0.25, -0.2) is 0 Å². The van der Waals surface area contributed by atoms with Crippen molar-refractivity contribution in [3.05, 3.63) is 403 Å². The van der Waals surface area contributed by atoms with Gasteiger partial charge in [-0.3, -0.25) is 0 Å². The average Bonchev–Trinajstić information content (AvgIpc) is 1.55. The summed E-state index contributed by atoms with van der Waals surface area (Å²) in [5.41, 5.74) is 18.2. The molecule has 7 heterocycles. The largest absolute Gasteiger partial charge is 0.309 e. The van der Waals surface area contributed by atoms with Crippen LogP contribution in [0.3, 0.4) is 0 Å². The van der Waals surface area contributed by atoms with E-state index >= 15 is 0 Å². The first kappa shape index (κ1) is 71.5. The van der Waals surface area contributed by atoms with Crippen molar-refractivity contribution in [2.24, 2.45) is 0 Å². The van der Waals surface area contributed by atoms with Gasteiger partial charge in [-0.05, 0) is 192 Å². The Morgan fingerprint density at radius 1 is 0.189 bits per heavy atom. The first-order valence-corrected chi connectivity index (χ1v) is 45.3. The van der Waals surface area contributed by atoms with Crippen LogP contribution in [0.15, 0.2) is 388 Å². The Kier molecular flexibility index (Phi) is 16.6. The molecule has 27 aromatic rings. The van der Waals surface area contributed by atoms with Gasteiger partial charge >= 0.3 is 0 Å². The number of aromatic nitrogens is 3. The molecule has 0 saturated carbocycles. The molecule has 0 aliphatic heterocycles. The molecule has 0 aliphatic rings. The van der Waals surface area contributed by atoms with Crippen LogP contribution in [0.2, 0.25) is 15.1 Å². The first-order chi connectivity index (χ1) is 60.2. The summed E-state index contributed by atoms with van der Waals surface area (Å²) in [5, 5.41) is 30.3. The summed E-state index contributed by atoms with van der Waals surface area (Å²) in [6.07, 6.45) is 0. The van der Waals surface area contributed by atoms with E-state index in [2.05, 4.69) is 372 Å². The van der Waals surface area contributed by atoms with Gasteiger partial charge in [-0.2, -0.15) is 0 Å². The Bertz CT molecular complexity index is 9050. The molecule has 0 bridgehead atoms. The van der Waals surface area contributed by atoms with Crippen LogP contribution in [0.1, 0.15) is 0 Å². The molecule has 7 aromatic heterocycles. The van der Waals surface area contributed by atoms with E-state index in [9.17, 15) is 0 Å². The quantitative estimate of drug-likeness (QED) is 0.147. The molecule has 0 fully saturated rings. The zero-order valence-corrected chi connectivity index (χ0v) is 70.6. The summed E-state index contributed by atoms with van der Waals surface area (Å²) in [6, 6.07) is 141. The molecule has 0 N–H and O–H groups in total. The number of halogens is 3. The standard InChI is InChI=1S/C44H24ClNS2.2C34H20ClNS/c45-26-17-20-33-36-14-7-13-28(44(36)48-40(33)23-26)25-16-19-37-38(22-25)46(27-18-21-32-31-10-5-6-15-39(31)47-41(32)24-27)43-35-12-4-2-9-30(35)29-8-1-3-11-34(29)42(37)43;35-30-12-6-11-28-27-16-14-24(20-33(27)37-34(28)30)23-13-15-26-29-17-21-7-4-5-8-22(21)18-32(29)36(31(26)19-23)25-9-2-1-3-10-25;35-28-11-6-12-31-34(28)27-17-14-23(20-32(27)37-31)22-13-16-26-30(19-22)36(24-8-2-1-3-9-24)29-18-15-21-7-4-5-10-25(21)33(26)29/h1-24H;2*1-20H. The van der Waals surface area contributed by atoms with Crippen LogP contribution in [0, 0.1) is 0 Å². The lowest BCUT2D eigenvalue weighted by molar-refractivity contribution is 1.18. The second-order valence-corrected chi connectivity index (χ2v) is 37.2. The Morgan fingerprint density at radius 2 is 0.648 bits per heavy atom. The van der Waals surface area contributed by atoms with E-state index in [1.807, 2.05) is 53.0 Å².